The maximum absolute atomic E-state index is 13.4. The predicted molar refractivity (Wildman–Crippen MR) is 92.7 cm³/mol. The fraction of sp³-hybridized carbons (Fsp3) is 0.562. The zero-order valence-corrected chi connectivity index (χ0v) is 14.5. The van der Waals surface area contributed by atoms with E-state index >= 15 is 0 Å². The maximum atomic E-state index is 13.4. The van der Waals surface area contributed by atoms with E-state index in [2.05, 4.69) is 15.6 Å². The van der Waals surface area contributed by atoms with Gasteiger partial charge < -0.3 is 20.5 Å². The van der Waals surface area contributed by atoms with E-state index in [0.717, 1.165) is 24.3 Å². The Hall–Kier alpha value is -1.54. The van der Waals surface area contributed by atoms with Crippen LogP contribution in [0, 0.1) is 11.6 Å². The smallest absolute Gasteiger partial charge is 0.191 e. The molecule has 0 aliphatic carbocycles. The molecule has 1 aliphatic rings. The number of nitrogens with zero attached hydrogens (tertiary/aromatic N) is 1. The van der Waals surface area contributed by atoms with Crippen molar-refractivity contribution in [1.29, 1.82) is 0 Å². The number of thioether (sulfide) groups is 1. The minimum absolute atomic E-state index is 0.0115. The lowest BCUT2D eigenvalue weighted by molar-refractivity contribution is 0.0778. The van der Waals surface area contributed by atoms with Crippen LogP contribution in [0.1, 0.15) is 13.3 Å². The number of aliphatic hydroxyl groups is 1. The first-order chi connectivity index (χ1) is 11.5. The van der Waals surface area contributed by atoms with E-state index in [4.69, 9.17) is 4.74 Å². The molecule has 0 radical (unpaired) electrons. The number of hydrogen-bond donors (Lipinski definition) is 3. The molecule has 0 bridgehead atoms. The number of nitrogens with one attached hydrogen (secondary N) is 2. The van der Waals surface area contributed by atoms with Gasteiger partial charge in [-0.3, -0.25) is 4.99 Å². The van der Waals surface area contributed by atoms with E-state index in [-0.39, 0.29) is 12.4 Å². The summed E-state index contributed by atoms with van der Waals surface area (Å²) in [4.78, 5) is 4.39. The Morgan fingerprint density at radius 1 is 1.42 bits per heavy atom. The quantitative estimate of drug-likeness (QED) is 0.393. The van der Waals surface area contributed by atoms with Gasteiger partial charge >= 0.3 is 0 Å². The second kappa shape index (κ2) is 9.08. The van der Waals surface area contributed by atoms with Gasteiger partial charge in [-0.2, -0.15) is 11.8 Å². The highest BCUT2D eigenvalue weighted by Crippen LogP contribution is 2.27. The van der Waals surface area contributed by atoms with E-state index in [1.807, 2.05) is 6.92 Å². The number of aliphatic imine (C=N–C) groups is 1. The molecule has 2 rings (SSSR count). The van der Waals surface area contributed by atoms with Gasteiger partial charge in [-0.1, -0.05) is 0 Å². The summed E-state index contributed by atoms with van der Waals surface area (Å²) in [6.07, 6.45) is 0.744. The van der Waals surface area contributed by atoms with Crippen molar-refractivity contribution >= 4 is 17.7 Å². The minimum atomic E-state index is -0.735. The average Bonchev–Trinajstić information content (AvgIpc) is 2.98. The van der Waals surface area contributed by atoms with E-state index in [1.165, 1.54) is 6.07 Å². The van der Waals surface area contributed by atoms with Crippen LogP contribution >= 0.6 is 11.8 Å². The summed E-state index contributed by atoms with van der Waals surface area (Å²) in [5.41, 5.74) is -0.735. The first-order valence-electron chi connectivity index (χ1n) is 7.92. The molecule has 0 saturated carbocycles. The molecule has 1 aliphatic heterocycles. The Labute approximate surface area is 144 Å². The largest absolute Gasteiger partial charge is 0.489 e. The number of benzene rings is 1. The van der Waals surface area contributed by atoms with Crippen molar-refractivity contribution in [3.05, 3.63) is 29.8 Å². The molecule has 3 N–H and O–H groups in total. The lowest BCUT2D eigenvalue weighted by Crippen LogP contribution is -2.41. The van der Waals surface area contributed by atoms with Crippen LogP contribution in [-0.2, 0) is 0 Å². The Morgan fingerprint density at radius 2 is 2.25 bits per heavy atom. The minimum Gasteiger partial charge on any atom is -0.489 e. The first kappa shape index (κ1) is 18.8. The Balaban J connectivity index is 1.78. The molecule has 24 heavy (non-hydrogen) atoms. The molecule has 134 valence electrons. The van der Waals surface area contributed by atoms with Gasteiger partial charge in [0.05, 0.1) is 18.7 Å². The molecular weight excluding hydrogens is 336 g/mol. The summed E-state index contributed by atoms with van der Waals surface area (Å²) in [5.74, 6) is 0.873. The molecule has 1 aromatic carbocycles. The zero-order chi connectivity index (χ0) is 17.4. The van der Waals surface area contributed by atoms with Gasteiger partial charge in [0, 0.05) is 18.4 Å². The monoisotopic (exact) mass is 359 g/mol. The molecule has 1 atom stereocenters. The molecule has 1 saturated heterocycles. The van der Waals surface area contributed by atoms with E-state index in [0.29, 0.717) is 31.3 Å². The highest BCUT2D eigenvalue weighted by molar-refractivity contribution is 7.99. The van der Waals surface area contributed by atoms with E-state index < -0.39 is 17.2 Å². The Kier molecular flexibility index (Phi) is 7.11. The van der Waals surface area contributed by atoms with Crippen LogP contribution in [0.5, 0.6) is 5.75 Å². The molecule has 0 amide bonds. The van der Waals surface area contributed by atoms with Crippen LogP contribution in [-0.4, -0.2) is 54.4 Å². The van der Waals surface area contributed by atoms with Crippen molar-refractivity contribution in [3.63, 3.8) is 0 Å². The fourth-order valence-electron chi connectivity index (χ4n) is 2.21. The summed E-state index contributed by atoms with van der Waals surface area (Å²) in [6, 6.07) is 3.20. The van der Waals surface area contributed by atoms with Gasteiger partial charge in [0.1, 0.15) is 12.4 Å². The Morgan fingerprint density at radius 3 is 2.92 bits per heavy atom. The predicted octanol–water partition coefficient (Wildman–Crippen LogP) is 1.77. The Bertz CT molecular complexity index is 566. The molecule has 1 fully saturated rings. The van der Waals surface area contributed by atoms with E-state index in [9.17, 15) is 13.9 Å². The summed E-state index contributed by atoms with van der Waals surface area (Å²) >= 11 is 1.73. The molecule has 8 heteroatoms. The van der Waals surface area contributed by atoms with Gasteiger partial charge in [0.25, 0.3) is 0 Å². The summed E-state index contributed by atoms with van der Waals surface area (Å²) in [6.45, 7) is 3.57. The van der Waals surface area contributed by atoms with Crippen molar-refractivity contribution in [2.24, 2.45) is 4.99 Å². The lowest BCUT2D eigenvalue weighted by Gasteiger charge is -2.19. The molecular formula is C16H23F2N3O2S. The zero-order valence-electron chi connectivity index (χ0n) is 13.6. The third-order valence-electron chi connectivity index (χ3n) is 3.50. The first-order valence-corrected chi connectivity index (χ1v) is 9.08. The van der Waals surface area contributed by atoms with Crippen molar-refractivity contribution < 1.29 is 18.6 Å². The van der Waals surface area contributed by atoms with Crippen LogP contribution in [0.4, 0.5) is 8.78 Å². The third kappa shape index (κ3) is 5.83. The van der Waals surface area contributed by atoms with Gasteiger partial charge in [-0.05, 0) is 31.2 Å². The van der Waals surface area contributed by atoms with E-state index in [1.54, 1.807) is 11.8 Å². The SMILES string of the molecule is CCNC(=NCC1(O)CCSC1)NCCOc1ccc(F)cc1F. The molecule has 1 unspecified atom stereocenters. The van der Waals surface area contributed by atoms with Crippen LogP contribution in [0.25, 0.3) is 0 Å². The highest BCUT2D eigenvalue weighted by atomic mass is 32.2. The van der Waals surface area contributed by atoms with Crippen molar-refractivity contribution in [1.82, 2.24) is 10.6 Å². The average molecular weight is 359 g/mol. The highest BCUT2D eigenvalue weighted by Gasteiger charge is 2.31. The number of guanidine groups is 1. The summed E-state index contributed by atoms with van der Waals surface area (Å²) < 4.78 is 31.5. The second-order valence-corrected chi connectivity index (χ2v) is 6.68. The van der Waals surface area contributed by atoms with Crippen molar-refractivity contribution in [2.75, 3.05) is 37.7 Å². The molecule has 1 aromatic rings. The number of rotatable bonds is 7. The number of halogens is 2. The normalized spacial score (nSPS) is 20.9. The van der Waals surface area contributed by atoms with Crippen LogP contribution in [0.3, 0.4) is 0 Å². The number of hydrogen-bond acceptors (Lipinski definition) is 4. The molecule has 0 aromatic heterocycles. The van der Waals surface area contributed by atoms with Crippen molar-refractivity contribution in [3.8, 4) is 5.75 Å². The van der Waals surface area contributed by atoms with Crippen LogP contribution < -0.4 is 15.4 Å². The van der Waals surface area contributed by atoms with Gasteiger partial charge in [0.2, 0.25) is 0 Å². The van der Waals surface area contributed by atoms with Gasteiger partial charge in [-0.15, -0.1) is 0 Å². The van der Waals surface area contributed by atoms with Crippen LogP contribution in [0.2, 0.25) is 0 Å². The molecule has 1 heterocycles. The van der Waals surface area contributed by atoms with Crippen molar-refractivity contribution in [2.45, 2.75) is 18.9 Å². The topological polar surface area (TPSA) is 65.9 Å². The van der Waals surface area contributed by atoms with Gasteiger partial charge in [0.15, 0.2) is 17.5 Å². The maximum Gasteiger partial charge on any atom is 0.191 e. The van der Waals surface area contributed by atoms with Crippen LogP contribution in [0.15, 0.2) is 23.2 Å². The third-order valence-corrected chi connectivity index (χ3v) is 4.74. The van der Waals surface area contributed by atoms with Gasteiger partial charge in [-0.25, -0.2) is 8.78 Å². The number of ether oxygens (including phenoxy) is 1. The lowest BCUT2D eigenvalue weighted by atomic mass is 10.1. The standard InChI is InChI=1S/C16H23F2N3O2S/c1-2-19-15(21-10-16(22)5-8-24-11-16)20-6-7-23-14-4-3-12(17)9-13(14)18/h3-4,9,22H,2,5-8,10-11H2,1H3,(H2,19,20,21). The summed E-state index contributed by atoms with van der Waals surface area (Å²) in [7, 11) is 0. The second-order valence-electron chi connectivity index (χ2n) is 5.57. The molecule has 5 nitrogen and oxygen atoms in total. The summed E-state index contributed by atoms with van der Waals surface area (Å²) in [5, 5.41) is 16.4. The fourth-order valence-corrected chi connectivity index (χ4v) is 3.50. The molecule has 0 spiro atoms.